The number of rotatable bonds is 66. The lowest BCUT2D eigenvalue weighted by Gasteiger charge is -2.21. The van der Waals surface area contributed by atoms with Crippen molar-refractivity contribution in [3.05, 3.63) is 0 Å². The largest absolute Gasteiger partial charge is 0.472 e. The Bertz CT molecular complexity index is 1750. The fourth-order valence-corrected chi connectivity index (χ4v) is 11.8. The van der Waals surface area contributed by atoms with Crippen LogP contribution in [0, 0.1) is 23.7 Å². The van der Waals surface area contributed by atoms with Crippen molar-refractivity contribution in [3.63, 3.8) is 0 Å². The molecule has 0 fully saturated rings. The molecule has 0 heterocycles. The van der Waals surface area contributed by atoms with Gasteiger partial charge in [-0.2, -0.15) is 0 Å². The first-order valence-electron chi connectivity index (χ1n) is 35.8. The minimum absolute atomic E-state index is 0.101. The van der Waals surface area contributed by atoms with E-state index in [1.54, 1.807) is 0 Å². The number of phosphoric acid groups is 2. The van der Waals surface area contributed by atoms with Gasteiger partial charge in [-0.1, -0.05) is 287 Å². The highest BCUT2D eigenvalue weighted by Gasteiger charge is 2.30. The lowest BCUT2D eigenvalue weighted by Crippen LogP contribution is -2.30. The van der Waals surface area contributed by atoms with Crippen LogP contribution in [0.3, 0.4) is 0 Å². The van der Waals surface area contributed by atoms with E-state index in [1.807, 2.05) is 0 Å². The minimum atomic E-state index is -4.95. The number of unbranched alkanes of at least 4 members (excludes halogenated alkanes) is 30. The van der Waals surface area contributed by atoms with Gasteiger partial charge >= 0.3 is 39.5 Å². The van der Waals surface area contributed by atoms with Gasteiger partial charge in [0.25, 0.3) is 0 Å². The first-order chi connectivity index (χ1) is 42.2. The highest BCUT2D eigenvalue weighted by Crippen LogP contribution is 2.45. The SMILES string of the molecule is CCC(C)CCCCCCCCCCC(=O)O[C@H](COC(=O)CCCCCCCCCCCCCCCCC(C)C)COP(=O)(O)OC[C@@H](O)COP(=O)(O)OC[C@@H](COC(=O)CCCCCCCCC(C)CC)OC(=O)CCCCCCCCC(C)C. The van der Waals surface area contributed by atoms with E-state index in [1.165, 1.54) is 135 Å². The Morgan fingerprint density at radius 3 is 0.807 bits per heavy atom. The van der Waals surface area contributed by atoms with E-state index in [2.05, 4.69) is 55.4 Å². The highest BCUT2D eigenvalue weighted by atomic mass is 31.2. The molecule has 0 aliphatic carbocycles. The molecule has 0 saturated carbocycles. The van der Waals surface area contributed by atoms with Gasteiger partial charge in [0.1, 0.15) is 19.3 Å². The Hall–Kier alpha value is -1.94. The second-order valence-corrected chi connectivity index (χ2v) is 29.3. The average Bonchev–Trinajstić information content (AvgIpc) is 3.61. The smallest absolute Gasteiger partial charge is 0.462 e. The molecule has 0 radical (unpaired) electrons. The van der Waals surface area contributed by atoms with Crippen LogP contribution in [-0.2, 0) is 65.4 Å². The van der Waals surface area contributed by atoms with Gasteiger partial charge in [-0.15, -0.1) is 0 Å². The third kappa shape index (κ3) is 60.3. The normalized spacial score (nSPS) is 14.9. The summed E-state index contributed by atoms with van der Waals surface area (Å²) in [5, 5.41) is 10.6. The Morgan fingerprint density at radius 2 is 0.545 bits per heavy atom. The van der Waals surface area contributed by atoms with Crippen LogP contribution in [0.5, 0.6) is 0 Å². The van der Waals surface area contributed by atoms with Gasteiger partial charge in [0, 0.05) is 25.7 Å². The number of phosphoric ester groups is 2. The maximum absolute atomic E-state index is 13.0. The Balaban J connectivity index is 5.22. The second-order valence-electron chi connectivity index (χ2n) is 26.4. The molecule has 0 aromatic carbocycles. The van der Waals surface area contributed by atoms with Gasteiger partial charge in [0.15, 0.2) is 12.2 Å². The number of carbonyl (C=O) groups excluding carboxylic acids is 4. The molecule has 19 heteroatoms. The molecule has 88 heavy (non-hydrogen) atoms. The zero-order valence-electron chi connectivity index (χ0n) is 57.3. The number of aliphatic hydroxyl groups is 1. The molecule has 0 amide bonds. The number of esters is 4. The van der Waals surface area contributed by atoms with E-state index < -0.39 is 97.5 Å². The zero-order valence-corrected chi connectivity index (χ0v) is 59.1. The summed E-state index contributed by atoms with van der Waals surface area (Å²) in [6, 6.07) is 0. The average molecular weight is 1300 g/mol. The van der Waals surface area contributed by atoms with Crippen LogP contribution in [0.4, 0.5) is 0 Å². The predicted octanol–water partition coefficient (Wildman–Crippen LogP) is 19.3. The van der Waals surface area contributed by atoms with Crippen molar-refractivity contribution >= 4 is 39.5 Å². The molecule has 4 unspecified atom stereocenters. The van der Waals surface area contributed by atoms with Crippen molar-refractivity contribution in [2.24, 2.45) is 23.7 Å². The fraction of sp³-hybridized carbons (Fsp3) is 0.942. The van der Waals surface area contributed by atoms with Crippen molar-refractivity contribution in [2.75, 3.05) is 39.6 Å². The summed E-state index contributed by atoms with van der Waals surface area (Å²) in [6.07, 6.45) is 40.5. The maximum atomic E-state index is 13.0. The molecule has 0 aromatic rings. The summed E-state index contributed by atoms with van der Waals surface area (Å²) < 4.78 is 68.2. The first-order valence-corrected chi connectivity index (χ1v) is 38.8. The third-order valence-corrected chi connectivity index (χ3v) is 18.4. The summed E-state index contributed by atoms with van der Waals surface area (Å²) >= 11 is 0. The van der Waals surface area contributed by atoms with E-state index in [9.17, 15) is 43.2 Å². The van der Waals surface area contributed by atoms with Crippen LogP contribution in [-0.4, -0.2) is 96.7 Å². The third-order valence-electron chi connectivity index (χ3n) is 16.5. The summed E-state index contributed by atoms with van der Waals surface area (Å²) in [5.74, 6) is 0.832. The Labute approximate surface area is 537 Å². The number of ether oxygens (including phenoxy) is 4. The van der Waals surface area contributed by atoms with Gasteiger partial charge in [-0.05, 0) is 49.4 Å². The van der Waals surface area contributed by atoms with E-state index in [0.29, 0.717) is 31.6 Å². The number of carbonyl (C=O) groups is 4. The molecule has 0 aliphatic heterocycles. The summed E-state index contributed by atoms with van der Waals surface area (Å²) in [4.78, 5) is 72.4. The number of hydrogen-bond donors (Lipinski definition) is 3. The van der Waals surface area contributed by atoms with Gasteiger partial charge < -0.3 is 33.8 Å². The molecule has 0 spiro atoms. The molecule has 0 aromatic heterocycles. The van der Waals surface area contributed by atoms with Gasteiger partial charge in [-0.3, -0.25) is 37.3 Å². The molecule has 0 aliphatic rings. The maximum Gasteiger partial charge on any atom is 0.472 e. The van der Waals surface area contributed by atoms with Crippen LogP contribution in [0.2, 0.25) is 0 Å². The standard InChI is InChI=1S/C69H134O17P2/c1-9-61(7)47-39-31-22-19-20-24-35-43-51-68(73)85-64(55-79-66(71)49-41-33-23-18-16-14-12-11-13-15-17-21-29-37-45-59(3)4)57-83-87(75,76)81-53-63(70)54-82-88(77,78)84-58-65(86-69(74)52-44-36-27-25-30-38-46-60(5)6)56-80-67(72)50-42-34-28-26-32-40-48-62(8)10-2/h59-65,70H,9-58H2,1-8H3,(H,75,76)(H,77,78)/t61?,62?,63-,64-,65-/m1/s1. The molecule has 7 atom stereocenters. The van der Waals surface area contributed by atoms with Gasteiger partial charge in [-0.25, -0.2) is 9.13 Å². The molecular weight excluding hydrogens is 1160 g/mol. The summed E-state index contributed by atoms with van der Waals surface area (Å²) in [6.45, 7) is 14.0. The highest BCUT2D eigenvalue weighted by molar-refractivity contribution is 7.47. The molecule has 17 nitrogen and oxygen atoms in total. The first kappa shape index (κ1) is 86.1. The summed E-state index contributed by atoms with van der Waals surface area (Å²) in [5.41, 5.74) is 0. The van der Waals surface area contributed by atoms with E-state index >= 15 is 0 Å². The van der Waals surface area contributed by atoms with E-state index in [4.69, 9.17) is 37.0 Å². The zero-order chi connectivity index (χ0) is 65.4. The fourth-order valence-electron chi connectivity index (χ4n) is 10.2. The lowest BCUT2D eigenvalue weighted by atomic mass is 9.99. The van der Waals surface area contributed by atoms with Crippen LogP contribution in [0.25, 0.3) is 0 Å². The molecule has 522 valence electrons. The van der Waals surface area contributed by atoms with Crippen LogP contribution >= 0.6 is 15.6 Å². The topological polar surface area (TPSA) is 237 Å². The molecular formula is C69H134O17P2. The quantitative estimate of drug-likeness (QED) is 0.0222. The molecule has 0 bridgehead atoms. The van der Waals surface area contributed by atoms with Gasteiger partial charge in [0.2, 0.25) is 0 Å². The molecule has 0 saturated heterocycles. The molecule has 3 N–H and O–H groups in total. The van der Waals surface area contributed by atoms with E-state index in [0.717, 1.165) is 114 Å². The van der Waals surface area contributed by atoms with Crippen LogP contribution in [0.1, 0.15) is 338 Å². The van der Waals surface area contributed by atoms with E-state index in [-0.39, 0.29) is 25.7 Å². The van der Waals surface area contributed by atoms with Crippen molar-refractivity contribution in [1.82, 2.24) is 0 Å². The van der Waals surface area contributed by atoms with Crippen molar-refractivity contribution < 1.29 is 80.2 Å². The van der Waals surface area contributed by atoms with Crippen molar-refractivity contribution in [1.29, 1.82) is 0 Å². The number of aliphatic hydroxyl groups excluding tert-OH is 1. The minimum Gasteiger partial charge on any atom is -0.462 e. The van der Waals surface area contributed by atoms with Gasteiger partial charge in [0.05, 0.1) is 26.4 Å². The Morgan fingerprint density at radius 1 is 0.318 bits per heavy atom. The molecule has 0 rings (SSSR count). The Kier molecular flexibility index (Phi) is 57.6. The van der Waals surface area contributed by atoms with Crippen molar-refractivity contribution in [2.45, 2.75) is 356 Å². The monoisotopic (exact) mass is 1300 g/mol. The van der Waals surface area contributed by atoms with Crippen molar-refractivity contribution in [3.8, 4) is 0 Å². The summed E-state index contributed by atoms with van der Waals surface area (Å²) in [7, 11) is -9.90. The lowest BCUT2D eigenvalue weighted by molar-refractivity contribution is -0.161. The second kappa shape index (κ2) is 58.8. The number of hydrogen-bond acceptors (Lipinski definition) is 15. The van der Waals surface area contributed by atoms with Crippen LogP contribution in [0.15, 0.2) is 0 Å². The predicted molar refractivity (Wildman–Crippen MR) is 354 cm³/mol. The van der Waals surface area contributed by atoms with Crippen LogP contribution < -0.4 is 0 Å².